The van der Waals surface area contributed by atoms with Crippen LogP contribution in [-0.4, -0.2) is 43.1 Å². The van der Waals surface area contributed by atoms with Gasteiger partial charge in [0, 0.05) is 30.2 Å². The SMILES string of the molecule is COc1ccc(CC2CN(C(=O)c3ccc4ncccc4c3)C2)cc1OC. The van der Waals surface area contributed by atoms with Crippen LogP contribution in [0.4, 0.5) is 0 Å². The quantitative estimate of drug-likeness (QED) is 0.696. The van der Waals surface area contributed by atoms with Crippen molar-refractivity contribution in [3.8, 4) is 11.5 Å². The van der Waals surface area contributed by atoms with Gasteiger partial charge >= 0.3 is 0 Å². The number of hydrogen-bond donors (Lipinski definition) is 0. The fourth-order valence-electron chi connectivity index (χ4n) is 3.60. The number of ether oxygens (including phenoxy) is 2. The zero-order valence-corrected chi connectivity index (χ0v) is 15.5. The van der Waals surface area contributed by atoms with Gasteiger partial charge in [0.25, 0.3) is 5.91 Å². The molecule has 0 aliphatic carbocycles. The van der Waals surface area contributed by atoms with Crippen LogP contribution >= 0.6 is 0 Å². The van der Waals surface area contributed by atoms with Crippen LogP contribution in [0, 0.1) is 5.92 Å². The second kappa shape index (κ2) is 7.27. The number of methoxy groups -OCH3 is 2. The molecule has 138 valence electrons. The third-order valence-corrected chi connectivity index (χ3v) is 5.07. The minimum absolute atomic E-state index is 0.0873. The molecule has 1 amide bonds. The lowest BCUT2D eigenvalue weighted by atomic mass is 9.91. The predicted octanol–water partition coefficient (Wildman–Crippen LogP) is 3.57. The van der Waals surface area contributed by atoms with Gasteiger partial charge in [0.15, 0.2) is 11.5 Å². The number of pyridine rings is 1. The number of amides is 1. The van der Waals surface area contributed by atoms with Gasteiger partial charge in [-0.15, -0.1) is 0 Å². The van der Waals surface area contributed by atoms with Gasteiger partial charge in [0.1, 0.15) is 0 Å². The molecular formula is C22H22N2O3. The summed E-state index contributed by atoms with van der Waals surface area (Å²) in [5.74, 6) is 2.03. The number of aromatic nitrogens is 1. The summed E-state index contributed by atoms with van der Waals surface area (Å²) in [6.45, 7) is 1.55. The van der Waals surface area contributed by atoms with Crippen molar-refractivity contribution >= 4 is 16.8 Å². The van der Waals surface area contributed by atoms with Gasteiger partial charge in [-0.1, -0.05) is 12.1 Å². The number of nitrogens with zero attached hydrogens (tertiary/aromatic N) is 2. The summed E-state index contributed by atoms with van der Waals surface area (Å²) in [7, 11) is 3.28. The first-order valence-corrected chi connectivity index (χ1v) is 9.03. The standard InChI is InChI=1S/C22H22N2O3/c1-26-20-8-5-15(11-21(20)27-2)10-16-13-24(14-16)22(25)18-6-7-19-17(12-18)4-3-9-23-19/h3-9,11-12,16H,10,13-14H2,1-2H3. The summed E-state index contributed by atoms with van der Waals surface area (Å²) in [6.07, 6.45) is 2.68. The van der Waals surface area contributed by atoms with Crippen LogP contribution in [0.3, 0.4) is 0 Å². The number of likely N-dealkylation sites (tertiary alicyclic amines) is 1. The lowest BCUT2D eigenvalue weighted by molar-refractivity contribution is 0.0501. The van der Waals surface area contributed by atoms with Gasteiger partial charge in [0.2, 0.25) is 0 Å². The van der Waals surface area contributed by atoms with E-state index < -0.39 is 0 Å². The molecule has 5 heteroatoms. The van der Waals surface area contributed by atoms with Gasteiger partial charge in [-0.25, -0.2) is 0 Å². The molecule has 0 saturated carbocycles. The Balaban J connectivity index is 1.39. The number of carbonyl (C=O) groups is 1. The van der Waals surface area contributed by atoms with Crippen LogP contribution in [0.25, 0.3) is 10.9 Å². The van der Waals surface area contributed by atoms with Crippen molar-refractivity contribution in [2.24, 2.45) is 5.92 Å². The van der Waals surface area contributed by atoms with Crippen molar-refractivity contribution in [3.63, 3.8) is 0 Å². The summed E-state index contributed by atoms with van der Waals surface area (Å²) < 4.78 is 10.6. The summed E-state index contributed by atoms with van der Waals surface area (Å²) in [5.41, 5.74) is 2.82. The predicted molar refractivity (Wildman–Crippen MR) is 104 cm³/mol. The molecule has 2 aromatic carbocycles. The van der Waals surface area contributed by atoms with Gasteiger partial charge in [-0.05, 0) is 54.3 Å². The van der Waals surface area contributed by atoms with Crippen molar-refractivity contribution in [1.29, 1.82) is 0 Å². The summed E-state index contributed by atoms with van der Waals surface area (Å²) in [6, 6.07) is 15.6. The van der Waals surface area contributed by atoms with Crippen LogP contribution < -0.4 is 9.47 Å². The highest BCUT2D eigenvalue weighted by Gasteiger charge is 2.31. The van der Waals surface area contributed by atoms with E-state index in [1.54, 1.807) is 20.4 Å². The highest BCUT2D eigenvalue weighted by atomic mass is 16.5. The van der Waals surface area contributed by atoms with E-state index in [0.29, 0.717) is 5.92 Å². The Labute approximate surface area is 158 Å². The molecule has 0 bridgehead atoms. The third-order valence-electron chi connectivity index (χ3n) is 5.07. The maximum atomic E-state index is 12.7. The maximum absolute atomic E-state index is 12.7. The molecule has 0 atom stereocenters. The largest absolute Gasteiger partial charge is 0.493 e. The molecule has 1 saturated heterocycles. The van der Waals surface area contributed by atoms with Gasteiger partial charge in [-0.2, -0.15) is 0 Å². The fraction of sp³-hybridized carbons (Fsp3) is 0.273. The van der Waals surface area contributed by atoms with E-state index in [-0.39, 0.29) is 5.91 Å². The number of rotatable bonds is 5. The first kappa shape index (κ1) is 17.3. The van der Waals surface area contributed by atoms with E-state index in [9.17, 15) is 4.79 Å². The lowest BCUT2D eigenvalue weighted by Crippen LogP contribution is -2.50. The molecule has 27 heavy (non-hydrogen) atoms. The minimum atomic E-state index is 0.0873. The van der Waals surface area contributed by atoms with Crippen LogP contribution in [0.5, 0.6) is 11.5 Å². The average Bonchev–Trinajstić information content (AvgIpc) is 2.69. The second-order valence-electron chi connectivity index (χ2n) is 6.88. The molecule has 0 unspecified atom stereocenters. The Kier molecular flexibility index (Phi) is 4.67. The van der Waals surface area contributed by atoms with E-state index in [1.165, 1.54) is 5.56 Å². The van der Waals surface area contributed by atoms with E-state index >= 15 is 0 Å². The van der Waals surface area contributed by atoms with Gasteiger partial charge in [0.05, 0.1) is 19.7 Å². The second-order valence-corrected chi connectivity index (χ2v) is 6.88. The highest BCUT2D eigenvalue weighted by molar-refractivity contribution is 5.98. The molecule has 5 nitrogen and oxygen atoms in total. The van der Waals surface area contributed by atoms with E-state index in [0.717, 1.165) is 47.5 Å². The van der Waals surface area contributed by atoms with Crippen molar-refractivity contribution in [3.05, 3.63) is 65.9 Å². The molecule has 0 spiro atoms. The van der Waals surface area contributed by atoms with Crippen molar-refractivity contribution in [1.82, 2.24) is 9.88 Å². The summed E-state index contributed by atoms with van der Waals surface area (Å²) >= 11 is 0. The first-order valence-electron chi connectivity index (χ1n) is 9.03. The van der Waals surface area contributed by atoms with Crippen molar-refractivity contribution in [2.45, 2.75) is 6.42 Å². The highest BCUT2D eigenvalue weighted by Crippen LogP contribution is 2.30. The molecule has 1 aliphatic heterocycles. The zero-order valence-electron chi connectivity index (χ0n) is 15.5. The molecule has 3 aromatic rings. The number of benzene rings is 2. The third kappa shape index (κ3) is 3.45. The van der Waals surface area contributed by atoms with Gasteiger partial charge in [-0.3, -0.25) is 9.78 Å². The van der Waals surface area contributed by atoms with Crippen LogP contribution in [0.1, 0.15) is 15.9 Å². The number of carbonyl (C=O) groups excluding carboxylic acids is 1. The Morgan fingerprint density at radius 1 is 1.07 bits per heavy atom. The van der Waals surface area contributed by atoms with E-state index in [1.807, 2.05) is 47.4 Å². The Morgan fingerprint density at radius 2 is 1.89 bits per heavy atom. The monoisotopic (exact) mass is 362 g/mol. The summed E-state index contributed by atoms with van der Waals surface area (Å²) in [4.78, 5) is 18.9. The lowest BCUT2D eigenvalue weighted by Gasteiger charge is -2.39. The maximum Gasteiger partial charge on any atom is 0.253 e. The molecule has 1 fully saturated rings. The van der Waals surface area contributed by atoms with Crippen LogP contribution in [0.2, 0.25) is 0 Å². The average molecular weight is 362 g/mol. The molecule has 1 aliphatic rings. The Bertz CT molecular complexity index is 980. The smallest absolute Gasteiger partial charge is 0.253 e. The van der Waals surface area contributed by atoms with E-state index in [4.69, 9.17) is 9.47 Å². The normalized spacial score (nSPS) is 14.1. The summed E-state index contributed by atoms with van der Waals surface area (Å²) in [5, 5.41) is 0.991. The van der Waals surface area contributed by atoms with Crippen molar-refractivity contribution < 1.29 is 14.3 Å². The van der Waals surface area contributed by atoms with E-state index in [2.05, 4.69) is 11.1 Å². The van der Waals surface area contributed by atoms with Crippen LogP contribution in [0.15, 0.2) is 54.7 Å². The van der Waals surface area contributed by atoms with Crippen LogP contribution in [-0.2, 0) is 6.42 Å². The Hall–Kier alpha value is -3.08. The molecule has 0 N–H and O–H groups in total. The molecular weight excluding hydrogens is 340 g/mol. The topological polar surface area (TPSA) is 51.7 Å². The minimum Gasteiger partial charge on any atom is -0.493 e. The number of hydrogen-bond acceptors (Lipinski definition) is 4. The van der Waals surface area contributed by atoms with Gasteiger partial charge < -0.3 is 14.4 Å². The molecule has 4 rings (SSSR count). The molecule has 1 aromatic heterocycles. The number of fused-ring (bicyclic) bond motifs is 1. The fourth-order valence-corrected chi connectivity index (χ4v) is 3.60. The van der Waals surface area contributed by atoms with Crippen molar-refractivity contribution in [2.75, 3.05) is 27.3 Å². The first-order chi connectivity index (χ1) is 13.2. The Morgan fingerprint density at radius 3 is 2.67 bits per heavy atom. The molecule has 0 radical (unpaired) electrons. The zero-order chi connectivity index (χ0) is 18.8. The molecule has 2 heterocycles.